The maximum absolute atomic E-state index is 13.9. The third-order valence-corrected chi connectivity index (χ3v) is 8.36. The smallest absolute Gasteiger partial charge is 0.245 e. The Labute approximate surface area is 317 Å². The van der Waals surface area contributed by atoms with Crippen LogP contribution in [0.2, 0.25) is 0 Å². The summed E-state index contributed by atoms with van der Waals surface area (Å²) in [5, 5.41) is 54.4. The van der Waals surface area contributed by atoms with Crippen LogP contribution in [0.3, 0.4) is 0 Å². The number of guanidine groups is 1. The van der Waals surface area contributed by atoms with Gasteiger partial charge in [0.25, 0.3) is 0 Å². The van der Waals surface area contributed by atoms with Gasteiger partial charge in [0.2, 0.25) is 41.7 Å². The van der Waals surface area contributed by atoms with Gasteiger partial charge in [-0.2, -0.15) is 0 Å². The molecule has 15 N–H and O–H groups in total. The molecule has 0 aliphatic rings. The van der Waals surface area contributed by atoms with Gasteiger partial charge in [0, 0.05) is 6.54 Å². The molecule has 1 radical (unpaired) electrons. The zero-order valence-electron chi connectivity index (χ0n) is 32.6. The molecule has 6 amide bonds. The number of rotatable bonds is 24. The van der Waals surface area contributed by atoms with E-state index in [1.807, 2.05) is 20.8 Å². The minimum absolute atomic E-state index is 0.00572. The fourth-order valence-corrected chi connectivity index (χ4v) is 4.97. The van der Waals surface area contributed by atoms with E-state index in [1.54, 1.807) is 27.7 Å². The molecule has 0 unspecified atom stereocenters. The van der Waals surface area contributed by atoms with E-state index >= 15 is 0 Å². The van der Waals surface area contributed by atoms with E-state index in [0.29, 0.717) is 6.42 Å². The minimum atomic E-state index is -1.59. The normalized spacial score (nSPS) is 16.5. The van der Waals surface area contributed by atoms with E-state index in [-0.39, 0.29) is 37.7 Å². The zero-order chi connectivity index (χ0) is 41.9. The van der Waals surface area contributed by atoms with Crippen LogP contribution in [0.25, 0.3) is 0 Å². The van der Waals surface area contributed by atoms with Crippen molar-refractivity contribution in [2.75, 3.05) is 19.7 Å². The van der Waals surface area contributed by atoms with Gasteiger partial charge in [-0.15, -0.1) is 0 Å². The molecule has 0 aliphatic heterocycles. The molecule has 0 aliphatic carbocycles. The standard InChI is InChI=1S/C34H63N10O10/c1-9-18(4)25(32(54)44-26(19(5)47)31(53)39-14-23(48)40-20(15-45)16-46)43-28(50)21(11-10-12-38-33(36)37)41-29(51)22(13-34(6,7)8)42-30(52)24(35)27(49)17(2)3/h17-22,24-27,45,47,49H,9-15,35H2,1-8H3,(H,39,53)(H,40,48)(H,41,51)(H,42,52)(H,43,50)(H,44,54)(H4,36,37,38)/t18-,19-,20-,21+,22-,24-,25-,26-,27+/m0/s1. The molecule has 9 atom stereocenters. The Kier molecular flexibility index (Phi) is 22.1. The number of carbonyl (C=O) groups is 6. The van der Waals surface area contributed by atoms with Crippen LogP contribution in [-0.2, 0) is 33.6 Å². The maximum atomic E-state index is 13.9. The van der Waals surface area contributed by atoms with Crippen molar-refractivity contribution in [3.8, 4) is 0 Å². The summed E-state index contributed by atoms with van der Waals surface area (Å²) in [5.74, 6) is -6.17. The van der Waals surface area contributed by atoms with E-state index in [4.69, 9.17) is 22.0 Å². The van der Waals surface area contributed by atoms with Crippen LogP contribution in [0.15, 0.2) is 0 Å². The first-order valence-corrected chi connectivity index (χ1v) is 18.0. The second-order valence-corrected chi connectivity index (χ2v) is 14.9. The van der Waals surface area contributed by atoms with Gasteiger partial charge >= 0.3 is 0 Å². The average Bonchev–Trinajstić information content (AvgIpc) is 3.09. The maximum Gasteiger partial charge on any atom is 0.245 e. The predicted octanol–water partition coefficient (Wildman–Crippen LogP) is -3.90. The molecule has 0 rings (SSSR count). The van der Waals surface area contributed by atoms with Crippen molar-refractivity contribution in [2.45, 2.75) is 130 Å². The Morgan fingerprint density at radius 3 is 1.83 bits per heavy atom. The van der Waals surface area contributed by atoms with Gasteiger partial charge < -0.3 is 64.0 Å². The fraction of sp³-hybridized carbons (Fsp3) is 0.765. The molecule has 0 bridgehead atoms. The van der Waals surface area contributed by atoms with Crippen molar-refractivity contribution in [3.05, 3.63) is 0 Å². The molecule has 0 spiro atoms. The van der Waals surface area contributed by atoms with Gasteiger partial charge in [-0.1, -0.05) is 54.9 Å². The summed E-state index contributed by atoms with van der Waals surface area (Å²) in [7, 11) is 0. The molecule has 0 aromatic carbocycles. The third-order valence-electron chi connectivity index (χ3n) is 8.36. The molecule has 0 fully saturated rings. The lowest BCUT2D eigenvalue weighted by Gasteiger charge is -2.31. The molecule has 54 heavy (non-hydrogen) atoms. The quantitative estimate of drug-likeness (QED) is 0.0254. The molecule has 0 saturated carbocycles. The number of aliphatic hydroxyl groups excluding tert-OH is 3. The van der Waals surface area contributed by atoms with E-state index in [0.717, 1.165) is 0 Å². The Morgan fingerprint density at radius 1 is 0.796 bits per heavy atom. The number of hydrogen-bond donors (Lipinski definition) is 13. The highest BCUT2D eigenvalue weighted by molar-refractivity contribution is 5.96. The lowest BCUT2D eigenvalue weighted by Crippen LogP contribution is -2.62. The molecule has 0 aromatic heterocycles. The van der Waals surface area contributed by atoms with Crippen LogP contribution in [0.1, 0.15) is 81.1 Å². The summed E-state index contributed by atoms with van der Waals surface area (Å²) >= 11 is 0. The summed E-state index contributed by atoms with van der Waals surface area (Å²) in [6, 6.07) is -7.98. The van der Waals surface area contributed by atoms with E-state index in [2.05, 4.69) is 37.2 Å². The van der Waals surface area contributed by atoms with Crippen LogP contribution in [-0.4, -0.2) is 131 Å². The van der Waals surface area contributed by atoms with Crippen molar-refractivity contribution < 1.29 is 48.9 Å². The van der Waals surface area contributed by atoms with Crippen LogP contribution >= 0.6 is 0 Å². The number of nitrogens with two attached hydrogens (primary N) is 2. The molecular weight excluding hydrogens is 708 g/mol. The highest BCUT2D eigenvalue weighted by atomic mass is 16.3. The molecule has 20 heteroatoms. The molecule has 0 heterocycles. The number of amides is 6. The topological polar surface area (TPSA) is 340 Å². The first kappa shape index (κ1) is 49.6. The van der Waals surface area contributed by atoms with Gasteiger partial charge in [-0.3, -0.25) is 39.0 Å². The van der Waals surface area contributed by atoms with E-state index < -0.39 is 108 Å². The Hall–Kier alpha value is -4.40. The highest BCUT2D eigenvalue weighted by Gasteiger charge is 2.36. The summed E-state index contributed by atoms with van der Waals surface area (Å²) in [5.41, 5.74) is 10.9. The molecular formula is C34H63N10O10. The Bertz CT molecular complexity index is 1280. The number of aliphatic hydroxyl groups is 3. The first-order chi connectivity index (χ1) is 25.0. The number of carbonyl (C=O) groups excluding carboxylic acids is 7. The van der Waals surface area contributed by atoms with Crippen molar-refractivity contribution in [1.82, 2.24) is 37.2 Å². The van der Waals surface area contributed by atoms with Crippen molar-refractivity contribution in [2.24, 2.45) is 28.7 Å². The lowest BCUT2D eigenvalue weighted by molar-refractivity contribution is -0.137. The molecule has 309 valence electrons. The van der Waals surface area contributed by atoms with Crippen LogP contribution in [0.4, 0.5) is 0 Å². The van der Waals surface area contributed by atoms with Gasteiger partial charge in [0.05, 0.1) is 25.4 Å². The predicted molar refractivity (Wildman–Crippen MR) is 199 cm³/mol. The highest BCUT2D eigenvalue weighted by Crippen LogP contribution is 2.21. The largest absolute Gasteiger partial charge is 0.394 e. The average molecular weight is 772 g/mol. The van der Waals surface area contributed by atoms with Gasteiger partial charge in [0.15, 0.2) is 5.96 Å². The summed E-state index contributed by atoms with van der Waals surface area (Å²) in [6.45, 7) is 12.3. The molecule has 20 nitrogen and oxygen atoms in total. The molecule has 0 saturated heterocycles. The van der Waals surface area contributed by atoms with Crippen LogP contribution in [0.5, 0.6) is 0 Å². The van der Waals surface area contributed by atoms with Crippen LogP contribution in [0, 0.1) is 22.7 Å². The summed E-state index contributed by atoms with van der Waals surface area (Å²) < 4.78 is 0. The lowest BCUT2D eigenvalue weighted by atomic mass is 9.87. The minimum Gasteiger partial charge on any atom is -0.394 e. The van der Waals surface area contributed by atoms with Gasteiger partial charge in [-0.05, 0) is 43.4 Å². The van der Waals surface area contributed by atoms with E-state index in [9.17, 15) is 43.8 Å². The van der Waals surface area contributed by atoms with Crippen LogP contribution < -0.4 is 48.7 Å². The molecule has 0 aromatic rings. The SMILES string of the molecule is CC[C@H](C)[C@H](NC(=O)[C@@H](CCCNC(=N)N)NC(=O)[C@H](CC(C)(C)C)NC(=O)[C@@H](N)[C@H](O)C(C)C)C(=O)N[C@H](C(=O)NCC(=O)N[C@H]([C]=O)CO)[C@H](C)O. The Morgan fingerprint density at radius 2 is 1.35 bits per heavy atom. The van der Waals surface area contributed by atoms with E-state index in [1.165, 1.54) is 13.2 Å². The Balaban J connectivity index is 6.28. The van der Waals surface area contributed by atoms with Crippen molar-refractivity contribution in [3.63, 3.8) is 0 Å². The summed E-state index contributed by atoms with van der Waals surface area (Å²) in [6.07, 6.45) is -0.548. The number of nitrogens with one attached hydrogen (secondary N) is 8. The second-order valence-electron chi connectivity index (χ2n) is 14.9. The first-order valence-electron chi connectivity index (χ1n) is 18.0. The number of hydrogen-bond acceptors (Lipinski definition) is 12. The zero-order valence-corrected chi connectivity index (χ0v) is 32.6. The monoisotopic (exact) mass is 771 g/mol. The fourth-order valence-electron chi connectivity index (χ4n) is 4.97. The van der Waals surface area contributed by atoms with Gasteiger partial charge in [-0.25, -0.2) is 0 Å². The third kappa shape index (κ3) is 18.6. The van der Waals surface area contributed by atoms with Crippen molar-refractivity contribution >= 4 is 47.7 Å². The van der Waals surface area contributed by atoms with Crippen molar-refractivity contribution in [1.29, 1.82) is 5.41 Å². The summed E-state index contributed by atoms with van der Waals surface area (Å²) in [4.78, 5) is 90.0. The second kappa shape index (κ2) is 24.1. The van der Waals surface area contributed by atoms with Gasteiger partial charge in [0.1, 0.15) is 36.3 Å².